The quantitative estimate of drug-likeness (QED) is 0.311. The topological polar surface area (TPSA) is 104 Å². The molecule has 8 atom stereocenters. The first-order valence-corrected chi connectivity index (χ1v) is 16.0. The van der Waals surface area contributed by atoms with Gasteiger partial charge in [0.05, 0.1) is 5.41 Å². The number of ketones is 1. The highest BCUT2D eigenvalue weighted by molar-refractivity contribution is 5.98. The fourth-order valence-corrected chi connectivity index (χ4v) is 10.9. The summed E-state index contributed by atoms with van der Waals surface area (Å²) in [5.74, 6) is -0.950. The van der Waals surface area contributed by atoms with Crippen molar-refractivity contribution in [3.63, 3.8) is 0 Å². The second kappa shape index (κ2) is 9.19. The maximum Gasteiger partial charge on any atom is 0.326 e. The van der Waals surface area contributed by atoms with Crippen LogP contribution in [0.25, 0.3) is 0 Å². The molecule has 0 aromatic rings. The lowest BCUT2D eigenvalue weighted by atomic mass is 9.34. The molecule has 41 heavy (non-hydrogen) atoms. The second-order valence-electron chi connectivity index (χ2n) is 16.8. The number of amides is 1. The van der Waals surface area contributed by atoms with E-state index in [0.29, 0.717) is 0 Å². The Labute approximate surface area is 246 Å². The molecule has 0 aliphatic heterocycles. The lowest BCUT2D eigenvalue weighted by Crippen LogP contribution is -2.65. The number of aliphatic hydroxyl groups excluding tert-OH is 1. The molecule has 0 aromatic heterocycles. The first-order chi connectivity index (χ1) is 18.8. The lowest BCUT2D eigenvalue weighted by molar-refractivity contribution is -0.169. The van der Waals surface area contributed by atoms with Crippen molar-refractivity contribution in [2.24, 2.45) is 56.2 Å². The first kappa shape index (κ1) is 30.4. The molecule has 3 N–H and O–H groups in total. The van der Waals surface area contributed by atoms with Gasteiger partial charge in [-0.1, -0.05) is 74.0 Å². The van der Waals surface area contributed by atoms with E-state index in [4.69, 9.17) is 0 Å². The number of carbonyl (C=O) groups is 3. The number of carbonyl (C=O) groups excluding carboxylic acids is 2. The number of aliphatic hydroxyl groups is 1. The van der Waals surface area contributed by atoms with Gasteiger partial charge in [-0.25, -0.2) is 4.79 Å². The summed E-state index contributed by atoms with van der Waals surface area (Å²) in [6.07, 6.45) is 11.4. The number of allylic oxidation sites excluding steroid dienone is 4. The molecule has 5 rings (SSSR count). The number of nitrogens with one attached hydrogen (secondary N) is 1. The van der Waals surface area contributed by atoms with Crippen LogP contribution in [0.15, 0.2) is 23.5 Å². The number of aliphatic carboxylic acids is 1. The number of carboxylic acids is 1. The lowest BCUT2D eigenvalue weighted by Gasteiger charge is -2.70. The fourth-order valence-electron chi connectivity index (χ4n) is 10.9. The molecule has 0 spiro atoms. The average Bonchev–Trinajstić information content (AvgIpc) is 2.85. The van der Waals surface area contributed by atoms with Crippen LogP contribution in [-0.2, 0) is 14.4 Å². The minimum atomic E-state index is -0.972. The van der Waals surface area contributed by atoms with Crippen LogP contribution < -0.4 is 5.32 Å². The van der Waals surface area contributed by atoms with Gasteiger partial charge in [0.1, 0.15) is 6.04 Å². The average molecular weight is 568 g/mol. The number of carboxylic acid groups (broad SMARTS) is 1. The van der Waals surface area contributed by atoms with E-state index < -0.39 is 22.8 Å². The van der Waals surface area contributed by atoms with Crippen molar-refractivity contribution in [3.05, 3.63) is 23.5 Å². The van der Waals surface area contributed by atoms with Crippen LogP contribution >= 0.6 is 0 Å². The fraction of sp³-hybridized carbons (Fsp3) is 0.800. The largest absolute Gasteiger partial charge is 0.505 e. The summed E-state index contributed by atoms with van der Waals surface area (Å²) in [7, 11) is 0. The highest BCUT2D eigenvalue weighted by Gasteiger charge is 2.69. The molecule has 3 saturated carbocycles. The summed E-state index contributed by atoms with van der Waals surface area (Å²) in [6.45, 7) is 19.5. The molecule has 1 amide bonds. The van der Waals surface area contributed by atoms with E-state index in [0.717, 1.165) is 51.4 Å². The Balaban J connectivity index is 1.59. The molecule has 5 aliphatic carbocycles. The summed E-state index contributed by atoms with van der Waals surface area (Å²) in [4.78, 5) is 39.3. The van der Waals surface area contributed by atoms with Crippen molar-refractivity contribution in [2.75, 3.05) is 0 Å². The third-order valence-corrected chi connectivity index (χ3v) is 13.6. The van der Waals surface area contributed by atoms with Gasteiger partial charge in [0.2, 0.25) is 11.7 Å². The molecule has 0 aromatic carbocycles. The minimum absolute atomic E-state index is 0.0542. The van der Waals surface area contributed by atoms with Crippen molar-refractivity contribution in [1.29, 1.82) is 0 Å². The molecule has 0 saturated heterocycles. The van der Waals surface area contributed by atoms with Crippen molar-refractivity contribution in [3.8, 4) is 0 Å². The Morgan fingerprint density at radius 2 is 1.59 bits per heavy atom. The predicted octanol–water partition coefficient (Wildman–Crippen LogP) is 7.24. The van der Waals surface area contributed by atoms with E-state index in [9.17, 15) is 24.6 Å². The van der Waals surface area contributed by atoms with E-state index in [-0.39, 0.29) is 62.8 Å². The molecule has 0 radical (unpaired) electrons. The zero-order valence-corrected chi connectivity index (χ0v) is 26.8. The van der Waals surface area contributed by atoms with Crippen LogP contribution in [0.3, 0.4) is 0 Å². The van der Waals surface area contributed by atoms with Crippen molar-refractivity contribution < 1.29 is 24.6 Å². The number of rotatable bonds is 4. The highest BCUT2D eigenvalue weighted by Crippen LogP contribution is 2.75. The van der Waals surface area contributed by atoms with E-state index in [1.165, 1.54) is 5.57 Å². The summed E-state index contributed by atoms with van der Waals surface area (Å²) in [6, 6.07) is -0.893. The summed E-state index contributed by atoms with van der Waals surface area (Å²) < 4.78 is 0. The Kier molecular flexibility index (Phi) is 6.81. The Morgan fingerprint density at radius 3 is 2.20 bits per heavy atom. The summed E-state index contributed by atoms with van der Waals surface area (Å²) in [5, 5.41) is 23.7. The van der Waals surface area contributed by atoms with Crippen LogP contribution in [0.2, 0.25) is 0 Å². The molecule has 0 bridgehead atoms. The van der Waals surface area contributed by atoms with E-state index >= 15 is 0 Å². The van der Waals surface area contributed by atoms with Crippen molar-refractivity contribution in [1.82, 2.24) is 5.32 Å². The SMILES string of the molecule is CC(C)[C@H](NC(=O)[C@]12CCC(C)(C)C[C@H]1C1=CC[C@@H]3[C@@]4(C)C=C(O)C(=O)C(C)(C)[C@@H]4CC[C@@]3(C)[C@]1(C)CC2)C(=O)O. The van der Waals surface area contributed by atoms with E-state index in [1.807, 2.05) is 33.8 Å². The molecular weight excluding hydrogens is 514 g/mol. The van der Waals surface area contributed by atoms with Crippen LogP contribution in [0.5, 0.6) is 0 Å². The number of hydrogen-bond donors (Lipinski definition) is 3. The van der Waals surface area contributed by atoms with Gasteiger partial charge in [-0.05, 0) is 103 Å². The van der Waals surface area contributed by atoms with Crippen LogP contribution in [0, 0.1) is 56.2 Å². The minimum Gasteiger partial charge on any atom is -0.505 e. The van der Waals surface area contributed by atoms with Crippen molar-refractivity contribution in [2.45, 2.75) is 120 Å². The zero-order valence-electron chi connectivity index (χ0n) is 26.8. The zero-order chi connectivity index (χ0) is 30.6. The molecule has 3 fully saturated rings. The monoisotopic (exact) mass is 567 g/mol. The third-order valence-electron chi connectivity index (χ3n) is 13.6. The van der Waals surface area contributed by atoms with Gasteiger partial charge in [-0.15, -0.1) is 0 Å². The van der Waals surface area contributed by atoms with Gasteiger partial charge < -0.3 is 15.5 Å². The molecule has 5 aliphatic rings. The van der Waals surface area contributed by atoms with Gasteiger partial charge in [0.25, 0.3) is 0 Å². The maximum atomic E-state index is 14.2. The van der Waals surface area contributed by atoms with E-state index in [2.05, 4.69) is 46.0 Å². The molecular formula is C35H53NO5. The molecule has 228 valence electrons. The number of fused-ring (bicyclic) bond motifs is 7. The Bertz CT molecular complexity index is 1230. The maximum absolute atomic E-state index is 14.2. The van der Waals surface area contributed by atoms with E-state index in [1.54, 1.807) is 0 Å². The normalized spacial score (nSPS) is 43.4. The van der Waals surface area contributed by atoms with Crippen molar-refractivity contribution >= 4 is 17.7 Å². The molecule has 0 heterocycles. The van der Waals surface area contributed by atoms with Crippen LogP contribution in [0.4, 0.5) is 0 Å². The summed E-state index contributed by atoms with van der Waals surface area (Å²) >= 11 is 0. The highest BCUT2D eigenvalue weighted by atomic mass is 16.4. The van der Waals surface area contributed by atoms with Gasteiger partial charge in [-0.3, -0.25) is 9.59 Å². The van der Waals surface area contributed by atoms with Crippen LogP contribution in [-0.4, -0.2) is 33.9 Å². The molecule has 0 unspecified atom stereocenters. The van der Waals surface area contributed by atoms with Gasteiger partial charge in [-0.2, -0.15) is 0 Å². The molecule has 6 heteroatoms. The number of Topliss-reactive ketones (excluding diaryl/α,β-unsaturated/α-hetero) is 1. The third kappa shape index (κ3) is 4.04. The molecule has 6 nitrogen and oxygen atoms in total. The van der Waals surface area contributed by atoms with Gasteiger partial charge in [0.15, 0.2) is 5.76 Å². The Morgan fingerprint density at radius 1 is 0.951 bits per heavy atom. The Hall–Kier alpha value is -2.11. The predicted molar refractivity (Wildman–Crippen MR) is 160 cm³/mol. The number of hydrogen-bond acceptors (Lipinski definition) is 4. The smallest absolute Gasteiger partial charge is 0.326 e. The first-order valence-electron chi connectivity index (χ1n) is 16.0. The van der Waals surface area contributed by atoms with Gasteiger partial charge in [0, 0.05) is 5.41 Å². The second-order valence-corrected chi connectivity index (χ2v) is 16.8. The standard InChI is InChI=1S/C35H53NO5/c1-20(2)26(28(39)40)36-29(41)35-16-14-30(3,4)18-22(35)21-10-11-25-32(7)19-23(37)27(38)31(5,6)24(32)12-13-34(25,9)33(21,8)15-17-35/h10,19-20,22,24-26,37H,11-18H2,1-9H3,(H,36,41)(H,39,40)/t22-,24-,25+,26-,32-,33+,34+,35-/m0/s1. The van der Waals surface area contributed by atoms with Gasteiger partial charge >= 0.3 is 5.97 Å². The summed E-state index contributed by atoms with van der Waals surface area (Å²) in [5.41, 5.74) is -0.171. The van der Waals surface area contributed by atoms with Crippen LogP contribution in [0.1, 0.15) is 114 Å².